The molecule has 0 aliphatic carbocycles. The molecule has 0 fully saturated rings. The summed E-state index contributed by atoms with van der Waals surface area (Å²) >= 11 is 8.06. The molecule has 2 unspecified atom stereocenters. The van der Waals surface area contributed by atoms with Crippen LogP contribution in [0.2, 0.25) is 0 Å². The van der Waals surface area contributed by atoms with E-state index in [2.05, 4.69) is 1.60 Å². The van der Waals surface area contributed by atoms with E-state index in [1.807, 2.05) is 0 Å². The fourth-order valence-corrected chi connectivity index (χ4v) is 276. The van der Waals surface area contributed by atoms with Crippen molar-refractivity contribution >= 4 is 99.7 Å². The smallest absolute Gasteiger partial charge is 1.00 e. The van der Waals surface area contributed by atoms with Gasteiger partial charge in [-0.15, -0.1) is 0 Å². The molecule has 0 radical (unpaired) electrons. The van der Waals surface area contributed by atoms with Crippen LogP contribution < -0.4 is 24.8 Å². The number of hydrogen-bond acceptors (Lipinski definition) is 0. The molecule has 0 amide bonds. The van der Waals surface area contributed by atoms with Gasteiger partial charge in [0.2, 0.25) is 0 Å². The van der Waals surface area contributed by atoms with Crippen LogP contribution >= 0.6 is 0 Å². The predicted molar refractivity (Wildman–Crippen MR) is 58.8 cm³/mol. The van der Waals surface area contributed by atoms with E-state index in [0.717, 1.165) is 98.1 Å². The van der Waals surface area contributed by atoms with Crippen molar-refractivity contribution in [2.24, 2.45) is 0 Å². The molecular weight excluding hydrogens is 786 g/mol. The summed E-state index contributed by atoms with van der Waals surface area (Å²) < 4.78 is 4.84. The maximum atomic E-state index is 2.42. The number of halogens is 2. The molecule has 0 saturated carbocycles. The molecule has 0 spiro atoms. The molecule has 0 aromatic rings. The average molecular weight is 788 g/mol. The Hall–Kier alpha value is 5.67. The minimum Gasteiger partial charge on any atom is -1.00 e. The first-order valence-corrected chi connectivity index (χ1v) is 41.6. The molecule has 0 saturated heterocycles. The molecule has 2 rings (SSSR count). The monoisotopic (exact) mass is 785 g/mol. The second-order valence-electron chi connectivity index (χ2n) is 1.62. The quantitative estimate of drug-likeness (QED) is 0.245. The van der Waals surface area contributed by atoms with Crippen molar-refractivity contribution in [3.63, 3.8) is 0 Å². The third-order valence-corrected chi connectivity index (χ3v) is 161. The van der Waals surface area contributed by atoms with Gasteiger partial charge in [0.25, 0.3) is 0 Å². The first-order valence-electron chi connectivity index (χ1n) is 2.69. The molecule has 2 aliphatic heterocycles. The van der Waals surface area contributed by atoms with Gasteiger partial charge in [0, 0.05) is 0 Å². The molecule has 0 aromatic carbocycles. The van der Waals surface area contributed by atoms with Crippen LogP contribution in [0, 0.1) is 0 Å². The standard InChI is InChI=1S/2CHAs4.2ClH.Zr/c2*1-2-4-5-3-1;;;/h2*2H;2*1H;/q;;;;+2/p-2. The van der Waals surface area contributed by atoms with E-state index in [9.17, 15) is 0 Å². The van der Waals surface area contributed by atoms with Crippen molar-refractivity contribution in [3.05, 3.63) is 0 Å². The van der Waals surface area contributed by atoms with Crippen LogP contribution in [0.3, 0.4) is 0 Å². The second-order valence-corrected chi connectivity index (χ2v) is 85.9. The molecule has 68 valence electrons. The van der Waals surface area contributed by atoms with E-state index in [-0.39, 0.29) is 48.0 Å². The summed E-state index contributed by atoms with van der Waals surface area (Å²) in [6, 6.07) is 0. The molecule has 0 N–H and O–H groups in total. The van der Waals surface area contributed by atoms with Crippen molar-refractivity contribution in [1.82, 2.24) is 0 Å². The summed E-state index contributed by atoms with van der Waals surface area (Å²) in [5.41, 5.74) is 0. The summed E-state index contributed by atoms with van der Waals surface area (Å²) in [6.07, 6.45) is 0. The predicted octanol–water partition coefficient (Wildman–Crippen LogP) is -10.1. The molecule has 2 atom stereocenters. The normalized spacial score (nSPS) is 28.0. The van der Waals surface area contributed by atoms with Crippen LogP contribution in [0.4, 0.5) is 0 Å². The van der Waals surface area contributed by atoms with Gasteiger partial charge >= 0.3 is 123 Å². The van der Waals surface area contributed by atoms with Crippen molar-refractivity contribution in [1.29, 1.82) is 0 Å². The third kappa shape index (κ3) is 7.74. The topological polar surface area (TPSA) is 0 Å². The van der Waals surface area contributed by atoms with Crippen molar-refractivity contribution < 1.29 is 48.0 Å². The summed E-state index contributed by atoms with van der Waals surface area (Å²) in [4.78, 5) is 0. The summed E-state index contributed by atoms with van der Waals surface area (Å²) in [5.74, 6) is 0. The Kier molecular flexibility index (Phi) is 16.5. The van der Waals surface area contributed by atoms with Gasteiger partial charge < -0.3 is 24.8 Å². The van der Waals surface area contributed by atoms with Gasteiger partial charge in [-0.25, -0.2) is 0 Å². The van der Waals surface area contributed by atoms with Crippen LogP contribution in [0.15, 0.2) is 0 Å². The van der Waals surface area contributed by atoms with Gasteiger partial charge in [-0.2, -0.15) is 0 Å². The number of rotatable bonds is 2. The molecule has 2 aliphatic rings. The first-order chi connectivity index (χ1) is 5.45. The minimum atomic E-state index is 0. The maximum absolute atomic E-state index is 2.42. The molecule has 11 heteroatoms. The van der Waals surface area contributed by atoms with Gasteiger partial charge in [0.15, 0.2) is 0 Å². The Balaban J connectivity index is 0.000000720. The third-order valence-electron chi connectivity index (χ3n) is 0.927. The van der Waals surface area contributed by atoms with Crippen molar-refractivity contribution in [2.45, 2.75) is 0 Å². The van der Waals surface area contributed by atoms with E-state index in [4.69, 9.17) is 0 Å². The summed E-state index contributed by atoms with van der Waals surface area (Å²) in [5, 5.41) is 0. The largest absolute Gasteiger partial charge is 1.00 e. The Bertz CT molecular complexity index is 254. The maximum Gasteiger partial charge on any atom is -1.00 e. The van der Waals surface area contributed by atoms with E-state index in [0.29, 0.717) is 0 Å². The van der Waals surface area contributed by atoms with Crippen molar-refractivity contribution in [3.8, 4) is 0 Å². The van der Waals surface area contributed by atoms with E-state index in [1.165, 1.54) is 0 Å². The van der Waals surface area contributed by atoms with E-state index < -0.39 is 0 Å². The van der Waals surface area contributed by atoms with E-state index >= 15 is 0 Å². The first kappa shape index (κ1) is 18.7. The molecular formula is C2H2As8Cl2Zr. The zero-order chi connectivity index (χ0) is 7.52. The fraction of sp³-hybridized carbons (Fsp3) is 0. The molecule has 0 aromatic heterocycles. The van der Waals surface area contributed by atoms with Gasteiger partial charge in [-0.1, -0.05) is 0 Å². The number of hydrogen-bond donors (Lipinski definition) is 0. The average Bonchev–Trinajstić information content (AvgIpc) is 2.60. The SMILES string of the molecule is [As]1=[As][AsH][C]([Zr+2][C]2=[As][As]=[As][AsH]2)=[As]1.[Cl-].[Cl-]. The Morgan fingerprint density at radius 2 is 1.31 bits per heavy atom. The minimum absolute atomic E-state index is 0. The second kappa shape index (κ2) is 11.5. The van der Waals surface area contributed by atoms with Crippen LogP contribution in [0.25, 0.3) is 0 Å². The Morgan fingerprint density at radius 3 is 1.62 bits per heavy atom. The fourth-order valence-electron chi connectivity index (χ4n) is 0.536. The Labute approximate surface area is 143 Å². The zero-order valence-electron chi connectivity index (χ0n) is 5.94. The molecule has 2 heterocycles. The van der Waals surface area contributed by atoms with Crippen molar-refractivity contribution in [2.75, 3.05) is 0 Å². The van der Waals surface area contributed by atoms with Crippen LogP contribution in [0.5, 0.6) is 0 Å². The summed E-state index contributed by atoms with van der Waals surface area (Å²) in [6.45, 7) is 0. The molecule has 13 heavy (non-hydrogen) atoms. The van der Waals surface area contributed by atoms with Gasteiger partial charge in [0.1, 0.15) is 0 Å². The van der Waals surface area contributed by atoms with Crippen LogP contribution in [-0.4, -0.2) is 99.7 Å². The zero-order valence-corrected chi connectivity index (χ0v) is 25.4. The van der Waals surface area contributed by atoms with Gasteiger partial charge in [-0.05, 0) is 0 Å². The molecule has 0 bridgehead atoms. The summed E-state index contributed by atoms with van der Waals surface area (Å²) in [7, 11) is 0. The van der Waals surface area contributed by atoms with Crippen LogP contribution in [-0.2, 0) is 23.2 Å². The Morgan fingerprint density at radius 1 is 0.846 bits per heavy atom. The van der Waals surface area contributed by atoms with Gasteiger partial charge in [0.05, 0.1) is 0 Å². The van der Waals surface area contributed by atoms with Gasteiger partial charge in [-0.3, -0.25) is 0 Å². The van der Waals surface area contributed by atoms with E-state index in [1.54, 1.807) is 0 Å². The molecule has 0 nitrogen and oxygen atoms in total. The van der Waals surface area contributed by atoms with Crippen LogP contribution in [0.1, 0.15) is 0 Å².